The molecule has 0 radical (unpaired) electrons. The number of furan rings is 1. The first-order chi connectivity index (χ1) is 12.9. The largest absolute Gasteiger partial charge is 0.455 e. The van der Waals surface area contributed by atoms with Crippen LogP contribution in [0.4, 0.5) is 5.82 Å². The van der Waals surface area contributed by atoms with Crippen LogP contribution in [0.25, 0.3) is 0 Å². The Balaban J connectivity index is 2.15. The van der Waals surface area contributed by atoms with Crippen LogP contribution >= 0.6 is 11.8 Å². The summed E-state index contributed by atoms with van der Waals surface area (Å²) in [4.78, 5) is 25.4. The lowest BCUT2D eigenvalue weighted by atomic mass is 10.1. The van der Waals surface area contributed by atoms with E-state index in [1.807, 2.05) is 13.0 Å². The van der Waals surface area contributed by atoms with E-state index in [0.29, 0.717) is 24.0 Å². The van der Waals surface area contributed by atoms with Crippen LogP contribution in [0.1, 0.15) is 62.5 Å². The fourth-order valence-corrected chi connectivity index (χ4v) is 3.29. The number of hydrogen-bond acceptors (Lipinski definition) is 6. The van der Waals surface area contributed by atoms with Crippen molar-refractivity contribution in [2.24, 2.45) is 0 Å². The van der Waals surface area contributed by atoms with E-state index in [1.54, 1.807) is 18.0 Å². The average molecular weight is 391 g/mol. The maximum atomic E-state index is 12.2. The van der Waals surface area contributed by atoms with Gasteiger partial charge in [0, 0.05) is 38.4 Å². The Morgan fingerprint density at radius 3 is 2.44 bits per heavy atom. The van der Waals surface area contributed by atoms with Gasteiger partial charge in [0.1, 0.15) is 11.6 Å². The van der Waals surface area contributed by atoms with E-state index in [1.165, 1.54) is 11.8 Å². The second kappa shape index (κ2) is 9.78. The quantitative estimate of drug-likeness (QED) is 0.466. The molecule has 2 aromatic heterocycles. The third-order valence-electron chi connectivity index (χ3n) is 4.43. The highest BCUT2D eigenvalue weighted by molar-refractivity contribution is 7.98. The predicted octanol–water partition coefficient (Wildman–Crippen LogP) is 4.42. The molecule has 0 unspecified atom stereocenters. The molecular weight excluding hydrogens is 360 g/mol. The van der Waals surface area contributed by atoms with Gasteiger partial charge in [-0.15, -0.1) is 0 Å². The van der Waals surface area contributed by atoms with Crippen molar-refractivity contribution in [3.63, 3.8) is 0 Å². The SMILES string of the molecule is CCN(C)C(=O)c1ccc(CSc2nc(C(C)C)cc(N(CC)CC)n2)o1. The smallest absolute Gasteiger partial charge is 0.289 e. The molecule has 0 aromatic carbocycles. The lowest BCUT2D eigenvalue weighted by Gasteiger charge is -2.21. The lowest BCUT2D eigenvalue weighted by Crippen LogP contribution is -2.25. The monoisotopic (exact) mass is 390 g/mol. The summed E-state index contributed by atoms with van der Waals surface area (Å²) in [6.45, 7) is 12.9. The van der Waals surface area contributed by atoms with Gasteiger partial charge in [-0.05, 0) is 38.8 Å². The maximum Gasteiger partial charge on any atom is 0.289 e. The van der Waals surface area contributed by atoms with Gasteiger partial charge in [-0.2, -0.15) is 0 Å². The Morgan fingerprint density at radius 2 is 1.85 bits per heavy atom. The van der Waals surface area contributed by atoms with Gasteiger partial charge in [0.2, 0.25) is 0 Å². The van der Waals surface area contributed by atoms with Crippen LogP contribution in [-0.2, 0) is 5.75 Å². The minimum Gasteiger partial charge on any atom is -0.455 e. The Morgan fingerprint density at radius 1 is 1.15 bits per heavy atom. The minimum atomic E-state index is -0.101. The van der Waals surface area contributed by atoms with Crippen LogP contribution in [0.5, 0.6) is 0 Å². The molecular formula is C20H30N4O2S. The van der Waals surface area contributed by atoms with Crippen LogP contribution in [-0.4, -0.2) is 47.5 Å². The van der Waals surface area contributed by atoms with Crippen molar-refractivity contribution in [2.75, 3.05) is 31.6 Å². The highest BCUT2D eigenvalue weighted by Gasteiger charge is 2.16. The molecule has 0 atom stereocenters. The zero-order valence-electron chi connectivity index (χ0n) is 17.2. The number of carbonyl (C=O) groups excluding carboxylic acids is 1. The number of amides is 1. The normalized spacial score (nSPS) is 11.1. The Bertz CT molecular complexity index is 756. The summed E-state index contributed by atoms with van der Waals surface area (Å²) in [6.07, 6.45) is 0. The zero-order chi connectivity index (χ0) is 20.0. The summed E-state index contributed by atoms with van der Waals surface area (Å²) in [5.74, 6) is 2.89. The number of aromatic nitrogens is 2. The average Bonchev–Trinajstić information content (AvgIpc) is 3.15. The highest BCUT2D eigenvalue weighted by atomic mass is 32.2. The fourth-order valence-electron chi connectivity index (χ4n) is 2.54. The van der Waals surface area contributed by atoms with Crippen molar-refractivity contribution in [3.05, 3.63) is 35.4 Å². The van der Waals surface area contributed by atoms with Crippen molar-refractivity contribution in [1.29, 1.82) is 0 Å². The van der Waals surface area contributed by atoms with Crippen molar-refractivity contribution >= 4 is 23.5 Å². The second-order valence-corrected chi connectivity index (χ2v) is 7.58. The Kier molecular flexibility index (Phi) is 7.71. The first-order valence-electron chi connectivity index (χ1n) is 9.50. The van der Waals surface area contributed by atoms with Gasteiger partial charge in [0.05, 0.1) is 5.75 Å². The number of nitrogens with zero attached hydrogens (tertiary/aromatic N) is 4. The standard InChI is InChI=1S/C20H30N4O2S/c1-7-23(6)19(25)17-11-10-15(26-17)13-27-20-21-16(14(4)5)12-18(22-20)24(8-2)9-3/h10-12,14H,7-9,13H2,1-6H3. The molecule has 0 spiro atoms. The molecule has 2 aromatic rings. The Hall–Kier alpha value is -2.02. The van der Waals surface area contributed by atoms with Gasteiger partial charge in [-0.25, -0.2) is 9.97 Å². The Labute approximate surface area is 166 Å². The molecule has 0 aliphatic heterocycles. The van der Waals surface area contributed by atoms with Crippen LogP contribution in [0.15, 0.2) is 27.8 Å². The minimum absolute atomic E-state index is 0.101. The van der Waals surface area contributed by atoms with Gasteiger partial charge in [0.15, 0.2) is 10.9 Å². The molecule has 148 valence electrons. The molecule has 27 heavy (non-hydrogen) atoms. The van der Waals surface area contributed by atoms with Crippen molar-refractivity contribution in [1.82, 2.24) is 14.9 Å². The molecule has 2 heterocycles. The van der Waals surface area contributed by atoms with Crippen LogP contribution in [0.2, 0.25) is 0 Å². The summed E-state index contributed by atoms with van der Waals surface area (Å²) in [5, 5.41) is 0.734. The molecule has 0 fully saturated rings. The molecule has 0 saturated heterocycles. The summed E-state index contributed by atoms with van der Waals surface area (Å²) in [7, 11) is 1.76. The molecule has 2 rings (SSSR count). The number of carbonyl (C=O) groups is 1. The third-order valence-corrected chi connectivity index (χ3v) is 5.30. The number of rotatable bonds is 9. The number of anilines is 1. The van der Waals surface area contributed by atoms with Gasteiger partial charge in [-0.1, -0.05) is 25.6 Å². The number of thioether (sulfide) groups is 1. The van der Waals surface area contributed by atoms with Gasteiger partial charge >= 0.3 is 0 Å². The van der Waals surface area contributed by atoms with Crippen molar-refractivity contribution in [2.45, 2.75) is 51.4 Å². The topological polar surface area (TPSA) is 62.5 Å². The van der Waals surface area contributed by atoms with E-state index in [4.69, 9.17) is 14.4 Å². The van der Waals surface area contributed by atoms with E-state index in [0.717, 1.165) is 35.5 Å². The molecule has 0 aliphatic rings. The van der Waals surface area contributed by atoms with E-state index in [2.05, 4.69) is 38.7 Å². The van der Waals surface area contributed by atoms with E-state index < -0.39 is 0 Å². The highest BCUT2D eigenvalue weighted by Crippen LogP contribution is 2.26. The van der Waals surface area contributed by atoms with Gasteiger partial charge in [0.25, 0.3) is 5.91 Å². The summed E-state index contributed by atoms with van der Waals surface area (Å²) < 4.78 is 5.71. The molecule has 7 heteroatoms. The third kappa shape index (κ3) is 5.48. The fraction of sp³-hybridized carbons (Fsp3) is 0.550. The first-order valence-corrected chi connectivity index (χ1v) is 10.5. The first kappa shape index (κ1) is 21.3. The van der Waals surface area contributed by atoms with Gasteiger partial charge < -0.3 is 14.2 Å². The summed E-state index contributed by atoms with van der Waals surface area (Å²) in [6, 6.07) is 5.66. The molecule has 0 saturated carbocycles. The molecule has 6 nitrogen and oxygen atoms in total. The van der Waals surface area contributed by atoms with Crippen LogP contribution in [0, 0.1) is 0 Å². The lowest BCUT2D eigenvalue weighted by molar-refractivity contribution is 0.0769. The van der Waals surface area contributed by atoms with Crippen LogP contribution < -0.4 is 4.90 Å². The maximum absolute atomic E-state index is 12.2. The van der Waals surface area contributed by atoms with E-state index in [-0.39, 0.29) is 5.91 Å². The molecule has 1 amide bonds. The van der Waals surface area contributed by atoms with E-state index >= 15 is 0 Å². The summed E-state index contributed by atoms with van der Waals surface area (Å²) >= 11 is 1.53. The molecule has 0 aliphatic carbocycles. The second-order valence-electron chi connectivity index (χ2n) is 6.63. The summed E-state index contributed by atoms with van der Waals surface area (Å²) in [5.41, 5.74) is 1.04. The van der Waals surface area contributed by atoms with Gasteiger partial charge in [-0.3, -0.25) is 4.79 Å². The molecule has 0 bridgehead atoms. The van der Waals surface area contributed by atoms with Crippen LogP contribution in [0.3, 0.4) is 0 Å². The van der Waals surface area contributed by atoms with Crippen molar-refractivity contribution in [3.8, 4) is 0 Å². The molecule has 0 N–H and O–H groups in total. The zero-order valence-corrected chi connectivity index (χ0v) is 18.0. The number of hydrogen-bond donors (Lipinski definition) is 0. The van der Waals surface area contributed by atoms with Crippen molar-refractivity contribution < 1.29 is 9.21 Å². The van der Waals surface area contributed by atoms with E-state index in [9.17, 15) is 4.79 Å². The predicted molar refractivity (Wildman–Crippen MR) is 111 cm³/mol.